The minimum atomic E-state index is -1.03. The molecule has 1 heterocycles. The largest absolute Gasteiger partial charge is 0.480 e. The number of piperidine rings is 1. The number of urea groups is 1. The SMILES string of the molecule is O=C(O)CNC(=O)N1CCC(=C2c3ccccc3C=Cc3ccccc32)CC1. The first-order valence-electron chi connectivity index (χ1n) is 9.47. The molecule has 2 N–H and O–H groups in total. The predicted octanol–water partition coefficient (Wildman–Crippen LogP) is 3.86. The Morgan fingerprint density at radius 2 is 1.43 bits per heavy atom. The monoisotopic (exact) mass is 374 g/mol. The van der Waals surface area contributed by atoms with E-state index in [2.05, 4.69) is 66.0 Å². The fourth-order valence-electron chi connectivity index (χ4n) is 3.94. The number of benzene rings is 2. The molecule has 5 heteroatoms. The fourth-order valence-corrected chi connectivity index (χ4v) is 3.94. The summed E-state index contributed by atoms with van der Waals surface area (Å²) in [5.74, 6) is -1.03. The quantitative estimate of drug-likeness (QED) is 0.716. The number of nitrogens with one attached hydrogen (secondary N) is 1. The summed E-state index contributed by atoms with van der Waals surface area (Å²) >= 11 is 0. The molecular weight excluding hydrogens is 352 g/mol. The summed E-state index contributed by atoms with van der Waals surface area (Å²) in [5.41, 5.74) is 7.45. The Bertz CT molecular complexity index is 929. The van der Waals surface area contributed by atoms with Crippen molar-refractivity contribution in [2.24, 2.45) is 0 Å². The molecule has 2 amide bonds. The van der Waals surface area contributed by atoms with E-state index in [1.807, 2.05) is 0 Å². The molecule has 2 aromatic carbocycles. The Labute approximate surface area is 164 Å². The molecule has 0 spiro atoms. The first kappa shape index (κ1) is 18.0. The van der Waals surface area contributed by atoms with Gasteiger partial charge in [0.15, 0.2) is 0 Å². The van der Waals surface area contributed by atoms with Crippen molar-refractivity contribution in [3.8, 4) is 0 Å². The zero-order valence-electron chi connectivity index (χ0n) is 15.5. The fraction of sp³-hybridized carbons (Fsp3) is 0.217. The summed E-state index contributed by atoms with van der Waals surface area (Å²) in [6, 6.07) is 16.5. The van der Waals surface area contributed by atoms with Crippen LogP contribution in [0.15, 0.2) is 54.1 Å². The van der Waals surface area contributed by atoms with E-state index in [0.717, 1.165) is 12.8 Å². The number of fused-ring (bicyclic) bond motifs is 2. The van der Waals surface area contributed by atoms with Crippen molar-refractivity contribution in [2.45, 2.75) is 12.8 Å². The highest BCUT2D eigenvalue weighted by atomic mass is 16.4. The Kier molecular flexibility index (Phi) is 4.98. The van der Waals surface area contributed by atoms with Crippen LogP contribution in [0.1, 0.15) is 35.1 Å². The molecule has 1 fully saturated rings. The number of likely N-dealkylation sites (tertiary alicyclic amines) is 1. The van der Waals surface area contributed by atoms with Gasteiger partial charge in [-0.2, -0.15) is 0 Å². The van der Waals surface area contributed by atoms with Crippen LogP contribution in [0.4, 0.5) is 4.79 Å². The topological polar surface area (TPSA) is 69.6 Å². The summed E-state index contributed by atoms with van der Waals surface area (Å²) in [6.45, 7) is 0.819. The maximum absolute atomic E-state index is 12.2. The molecular formula is C23H22N2O3. The molecule has 0 atom stereocenters. The number of hydrogen-bond acceptors (Lipinski definition) is 2. The average Bonchev–Trinajstić information content (AvgIpc) is 2.89. The molecule has 4 rings (SSSR count). The van der Waals surface area contributed by atoms with Crippen LogP contribution < -0.4 is 5.32 Å². The van der Waals surface area contributed by atoms with Crippen LogP contribution in [0, 0.1) is 0 Å². The molecule has 1 aliphatic carbocycles. The molecule has 0 aromatic heterocycles. The standard InChI is InChI=1S/C23H22N2O3/c26-21(27)15-24-23(28)25-13-11-18(12-14-25)22-19-7-3-1-5-16(19)9-10-17-6-2-4-8-20(17)22/h1-10H,11-15H2,(H,24,28)(H,26,27). The van der Waals surface area contributed by atoms with Crippen LogP contribution in [0.3, 0.4) is 0 Å². The van der Waals surface area contributed by atoms with Gasteiger partial charge in [0.1, 0.15) is 6.54 Å². The van der Waals surface area contributed by atoms with Crippen LogP contribution in [-0.4, -0.2) is 41.6 Å². The van der Waals surface area contributed by atoms with E-state index in [4.69, 9.17) is 5.11 Å². The number of amides is 2. The number of carboxylic acid groups (broad SMARTS) is 1. The maximum Gasteiger partial charge on any atom is 0.323 e. The smallest absolute Gasteiger partial charge is 0.323 e. The minimum Gasteiger partial charge on any atom is -0.480 e. The van der Waals surface area contributed by atoms with Gasteiger partial charge in [0.25, 0.3) is 0 Å². The first-order chi connectivity index (χ1) is 13.6. The van der Waals surface area contributed by atoms with E-state index in [1.165, 1.54) is 33.4 Å². The predicted molar refractivity (Wildman–Crippen MR) is 110 cm³/mol. The van der Waals surface area contributed by atoms with Gasteiger partial charge in [-0.05, 0) is 40.7 Å². The summed E-state index contributed by atoms with van der Waals surface area (Å²) < 4.78 is 0. The third-order valence-corrected chi connectivity index (χ3v) is 5.30. The lowest BCUT2D eigenvalue weighted by molar-refractivity contribution is -0.135. The third-order valence-electron chi connectivity index (χ3n) is 5.30. The van der Waals surface area contributed by atoms with E-state index in [0.29, 0.717) is 13.1 Å². The van der Waals surface area contributed by atoms with Gasteiger partial charge in [-0.15, -0.1) is 0 Å². The normalized spacial score (nSPS) is 15.5. The Balaban J connectivity index is 1.65. The van der Waals surface area contributed by atoms with E-state index in [-0.39, 0.29) is 12.6 Å². The summed E-state index contributed by atoms with van der Waals surface area (Å²) in [6.07, 6.45) is 5.88. The highest BCUT2D eigenvalue weighted by Crippen LogP contribution is 2.38. The van der Waals surface area contributed by atoms with E-state index < -0.39 is 5.97 Å². The molecule has 2 aromatic rings. The number of carbonyl (C=O) groups excluding carboxylic acids is 1. The van der Waals surface area contributed by atoms with Crippen LogP contribution >= 0.6 is 0 Å². The number of nitrogens with zero attached hydrogens (tertiary/aromatic N) is 1. The Morgan fingerprint density at radius 3 is 1.96 bits per heavy atom. The molecule has 28 heavy (non-hydrogen) atoms. The van der Waals surface area contributed by atoms with E-state index >= 15 is 0 Å². The number of hydrogen-bond donors (Lipinski definition) is 2. The highest BCUT2D eigenvalue weighted by molar-refractivity contribution is 5.95. The Hall–Kier alpha value is -3.34. The lowest BCUT2D eigenvalue weighted by atomic mass is 9.86. The van der Waals surface area contributed by atoms with Gasteiger partial charge in [0, 0.05) is 13.1 Å². The minimum absolute atomic E-state index is 0.310. The van der Waals surface area contributed by atoms with Crippen molar-refractivity contribution < 1.29 is 14.7 Å². The van der Waals surface area contributed by atoms with Crippen molar-refractivity contribution >= 4 is 29.7 Å². The molecule has 1 saturated heterocycles. The van der Waals surface area contributed by atoms with Crippen LogP contribution in [0.25, 0.3) is 17.7 Å². The highest BCUT2D eigenvalue weighted by Gasteiger charge is 2.24. The Morgan fingerprint density at radius 1 is 0.893 bits per heavy atom. The molecule has 142 valence electrons. The summed E-state index contributed by atoms with van der Waals surface area (Å²) in [5, 5.41) is 11.2. The molecule has 0 radical (unpaired) electrons. The molecule has 0 unspecified atom stereocenters. The van der Waals surface area contributed by atoms with Gasteiger partial charge < -0.3 is 15.3 Å². The van der Waals surface area contributed by atoms with Gasteiger partial charge in [-0.1, -0.05) is 66.3 Å². The number of carbonyl (C=O) groups is 2. The van der Waals surface area contributed by atoms with Gasteiger partial charge in [-0.25, -0.2) is 4.79 Å². The number of aliphatic carboxylic acids is 1. The lowest BCUT2D eigenvalue weighted by Crippen LogP contribution is -2.44. The van der Waals surface area contributed by atoms with Crippen molar-refractivity contribution in [2.75, 3.05) is 19.6 Å². The van der Waals surface area contributed by atoms with E-state index in [9.17, 15) is 9.59 Å². The number of carboxylic acids is 1. The lowest BCUT2D eigenvalue weighted by Gasteiger charge is -2.30. The zero-order valence-corrected chi connectivity index (χ0v) is 15.5. The van der Waals surface area contributed by atoms with Crippen molar-refractivity contribution in [3.05, 3.63) is 76.4 Å². The van der Waals surface area contributed by atoms with Gasteiger partial charge in [-0.3, -0.25) is 4.79 Å². The van der Waals surface area contributed by atoms with Gasteiger partial charge in [0.2, 0.25) is 0 Å². The maximum atomic E-state index is 12.2. The third kappa shape index (κ3) is 3.56. The molecule has 0 saturated carbocycles. The van der Waals surface area contributed by atoms with Crippen molar-refractivity contribution in [3.63, 3.8) is 0 Å². The molecule has 0 bridgehead atoms. The molecule has 1 aliphatic heterocycles. The number of rotatable bonds is 2. The summed E-state index contributed by atoms with van der Waals surface area (Å²) in [4.78, 5) is 24.5. The van der Waals surface area contributed by atoms with Crippen LogP contribution in [-0.2, 0) is 4.79 Å². The van der Waals surface area contributed by atoms with Crippen LogP contribution in [0.5, 0.6) is 0 Å². The second-order valence-corrected chi connectivity index (χ2v) is 7.03. The van der Waals surface area contributed by atoms with Crippen molar-refractivity contribution in [1.82, 2.24) is 10.2 Å². The molecule has 2 aliphatic rings. The first-order valence-corrected chi connectivity index (χ1v) is 9.47. The van der Waals surface area contributed by atoms with Crippen molar-refractivity contribution in [1.29, 1.82) is 0 Å². The second kappa shape index (κ2) is 7.72. The van der Waals surface area contributed by atoms with E-state index in [1.54, 1.807) is 4.90 Å². The van der Waals surface area contributed by atoms with Gasteiger partial charge >= 0.3 is 12.0 Å². The summed E-state index contributed by atoms with van der Waals surface area (Å²) in [7, 11) is 0. The second-order valence-electron chi connectivity index (χ2n) is 7.03. The molecule has 5 nitrogen and oxygen atoms in total. The zero-order chi connectivity index (χ0) is 19.5. The van der Waals surface area contributed by atoms with Gasteiger partial charge in [0.05, 0.1) is 0 Å². The average molecular weight is 374 g/mol. The van der Waals surface area contributed by atoms with Crippen LogP contribution in [0.2, 0.25) is 0 Å².